The van der Waals surface area contributed by atoms with Gasteiger partial charge in [-0.25, -0.2) is 10.1 Å². The largest absolute Gasteiger partial charge is 0.508 e. The number of amides is 1. The molecule has 0 aliphatic heterocycles. The summed E-state index contributed by atoms with van der Waals surface area (Å²) in [6.45, 7) is 4.31. The van der Waals surface area contributed by atoms with Crippen molar-refractivity contribution in [3.05, 3.63) is 59.8 Å². The zero-order valence-electron chi connectivity index (χ0n) is 18.5. The Hall–Kier alpha value is -4.74. The van der Waals surface area contributed by atoms with E-state index in [0.29, 0.717) is 35.7 Å². The van der Waals surface area contributed by atoms with E-state index in [9.17, 15) is 9.90 Å². The summed E-state index contributed by atoms with van der Waals surface area (Å²) in [5, 5.41) is 29.2. The zero-order valence-corrected chi connectivity index (χ0v) is 18.5. The van der Waals surface area contributed by atoms with Gasteiger partial charge in [-0.2, -0.15) is 9.78 Å². The summed E-state index contributed by atoms with van der Waals surface area (Å²) in [6.07, 6.45) is 0.546. The summed E-state index contributed by atoms with van der Waals surface area (Å²) >= 11 is 0. The Morgan fingerprint density at radius 3 is 2.50 bits per heavy atom. The average molecular weight is 462 g/mol. The van der Waals surface area contributed by atoms with Gasteiger partial charge in [-0.3, -0.25) is 4.79 Å². The van der Waals surface area contributed by atoms with E-state index in [2.05, 4.69) is 35.8 Å². The van der Waals surface area contributed by atoms with Gasteiger partial charge in [0.2, 0.25) is 11.6 Å². The number of aromatic nitrogens is 5. The van der Waals surface area contributed by atoms with Crippen LogP contribution >= 0.6 is 0 Å². The second-order valence-corrected chi connectivity index (χ2v) is 7.03. The number of hydrogen-bond donors (Lipinski definition) is 3. The monoisotopic (exact) mass is 462 g/mol. The summed E-state index contributed by atoms with van der Waals surface area (Å²) in [5.74, 6) is 0.307. The molecular formula is C22H22N8O4. The predicted octanol–water partition coefficient (Wildman–Crippen LogP) is 2.55. The van der Waals surface area contributed by atoms with Gasteiger partial charge in [-0.1, -0.05) is 12.1 Å². The van der Waals surface area contributed by atoms with Gasteiger partial charge in [0, 0.05) is 5.56 Å². The number of ether oxygens (including phenoxy) is 1. The Morgan fingerprint density at radius 2 is 1.88 bits per heavy atom. The SMILES string of the molecule is CCOc1ccc(-c2c(C(=O)N/N=C(/CC)c3ccc(O)cc3)nnn2-c2nonc2N)cc1. The van der Waals surface area contributed by atoms with Crippen LogP contribution in [-0.4, -0.2) is 48.6 Å². The standard InChI is InChI=1S/C22H22N8O4/c1-3-17(13-5-9-15(31)10-6-13)24-26-22(32)18-19(14-7-11-16(12-8-14)33-4-2)30(29-25-18)21-20(23)27-34-28-21/h5-12,31H,3-4H2,1-2H3,(H2,23,27)(H,26,32)/b24-17-. The molecule has 12 heteroatoms. The van der Waals surface area contributed by atoms with E-state index >= 15 is 0 Å². The number of benzene rings is 2. The molecule has 0 saturated heterocycles. The van der Waals surface area contributed by atoms with Gasteiger partial charge in [0.05, 0.1) is 12.3 Å². The number of phenols is 1. The third-order valence-electron chi connectivity index (χ3n) is 4.85. The first-order chi connectivity index (χ1) is 16.5. The smallest absolute Gasteiger partial charge is 0.294 e. The summed E-state index contributed by atoms with van der Waals surface area (Å²) in [6, 6.07) is 13.6. The van der Waals surface area contributed by atoms with E-state index in [0.717, 1.165) is 5.56 Å². The number of rotatable bonds is 8. The number of hydrogen-bond acceptors (Lipinski definition) is 10. The Balaban J connectivity index is 1.71. The van der Waals surface area contributed by atoms with Gasteiger partial charge in [0.1, 0.15) is 17.2 Å². The number of carbonyl (C=O) groups is 1. The van der Waals surface area contributed by atoms with Gasteiger partial charge in [-0.15, -0.1) is 5.10 Å². The van der Waals surface area contributed by atoms with Crippen LogP contribution in [0, 0.1) is 0 Å². The fourth-order valence-electron chi connectivity index (χ4n) is 3.23. The highest BCUT2D eigenvalue weighted by Gasteiger charge is 2.25. The molecule has 0 fully saturated rings. The number of hydrazone groups is 1. The average Bonchev–Trinajstić information content (AvgIpc) is 3.47. The highest BCUT2D eigenvalue weighted by atomic mass is 16.6. The van der Waals surface area contributed by atoms with Crippen molar-refractivity contribution in [2.45, 2.75) is 20.3 Å². The second-order valence-electron chi connectivity index (χ2n) is 7.03. The van der Waals surface area contributed by atoms with Crippen LogP contribution in [0.1, 0.15) is 36.3 Å². The lowest BCUT2D eigenvalue weighted by molar-refractivity contribution is 0.0950. The van der Waals surface area contributed by atoms with Crippen LogP contribution in [0.3, 0.4) is 0 Å². The topological polar surface area (TPSA) is 167 Å². The van der Waals surface area contributed by atoms with Crippen LogP contribution in [0.5, 0.6) is 11.5 Å². The van der Waals surface area contributed by atoms with E-state index in [1.807, 2.05) is 13.8 Å². The zero-order chi connectivity index (χ0) is 24.1. The molecule has 1 amide bonds. The summed E-state index contributed by atoms with van der Waals surface area (Å²) in [5.41, 5.74) is 10.7. The number of nitrogens with one attached hydrogen (secondary N) is 1. The van der Waals surface area contributed by atoms with Gasteiger partial charge >= 0.3 is 0 Å². The van der Waals surface area contributed by atoms with Crippen molar-refractivity contribution in [2.24, 2.45) is 5.10 Å². The van der Waals surface area contributed by atoms with Crippen LogP contribution in [0.2, 0.25) is 0 Å². The Kier molecular flexibility index (Phi) is 6.48. The fraction of sp³-hybridized carbons (Fsp3) is 0.182. The van der Waals surface area contributed by atoms with Crippen molar-refractivity contribution in [2.75, 3.05) is 12.3 Å². The molecule has 174 valence electrons. The molecule has 0 unspecified atom stereocenters. The number of nitrogens with zero attached hydrogens (tertiary/aromatic N) is 6. The maximum absolute atomic E-state index is 13.1. The minimum atomic E-state index is -0.588. The third-order valence-corrected chi connectivity index (χ3v) is 4.85. The lowest BCUT2D eigenvalue weighted by Gasteiger charge is -2.08. The van der Waals surface area contributed by atoms with Crippen LogP contribution in [0.4, 0.5) is 5.82 Å². The third kappa shape index (κ3) is 4.55. The predicted molar refractivity (Wildman–Crippen MR) is 123 cm³/mol. The second kappa shape index (κ2) is 9.81. The van der Waals surface area contributed by atoms with E-state index in [1.54, 1.807) is 48.5 Å². The molecule has 0 radical (unpaired) electrons. The Bertz CT molecular complexity index is 1310. The van der Waals surface area contributed by atoms with Crippen molar-refractivity contribution in [3.63, 3.8) is 0 Å². The first-order valence-corrected chi connectivity index (χ1v) is 10.5. The molecule has 12 nitrogen and oxygen atoms in total. The van der Waals surface area contributed by atoms with Gasteiger partial charge < -0.3 is 15.6 Å². The van der Waals surface area contributed by atoms with Crippen LogP contribution < -0.4 is 15.9 Å². The van der Waals surface area contributed by atoms with E-state index < -0.39 is 5.91 Å². The molecule has 2 aromatic carbocycles. The van der Waals surface area contributed by atoms with E-state index in [-0.39, 0.29) is 23.1 Å². The molecule has 0 bridgehead atoms. The van der Waals surface area contributed by atoms with Gasteiger partial charge in [0.15, 0.2) is 5.69 Å². The van der Waals surface area contributed by atoms with Crippen LogP contribution in [-0.2, 0) is 0 Å². The lowest BCUT2D eigenvalue weighted by Crippen LogP contribution is -2.21. The van der Waals surface area contributed by atoms with E-state index in [4.69, 9.17) is 10.5 Å². The maximum atomic E-state index is 13.1. The Morgan fingerprint density at radius 1 is 1.15 bits per heavy atom. The molecule has 0 atom stereocenters. The summed E-state index contributed by atoms with van der Waals surface area (Å²) < 4.78 is 11.5. The molecule has 0 aliphatic carbocycles. The molecule has 34 heavy (non-hydrogen) atoms. The minimum absolute atomic E-state index is 0.00327. The highest BCUT2D eigenvalue weighted by molar-refractivity contribution is 6.03. The Labute approximate surface area is 194 Å². The number of carbonyl (C=O) groups excluding carboxylic acids is 1. The summed E-state index contributed by atoms with van der Waals surface area (Å²) in [7, 11) is 0. The molecule has 4 aromatic rings. The molecule has 2 heterocycles. The fourth-order valence-corrected chi connectivity index (χ4v) is 3.23. The molecule has 4 N–H and O–H groups in total. The highest BCUT2D eigenvalue weighted by Crippen LogP contribution is 2.28. The first kappa shape index (κ1) is 22.5. The van der Waals surface area contributed by atoms with E-state index in [1.165, 1.54) is 4.68 Å². The van der Waals surface area contributed by atoms with Crippen molar-refractivity contribution in [1.29, 1.82) is 0 Å². The van der Waals surface area contributed by atoms with Crippen molar-refractivity contribution in [1.82, 2.24) is 30.7 Å². The maximum Gasteiger partial charge on any atom is 0.294 e. The molecular weight excluding hydrogens is 440 g/mol. The quantitative estimate of drug-likeness (QED) is 0.263. The van der Waals surface area contributed by atoms with Crippen LogP contribution in [0.15, 0.2) is 58.3 Å². The minimum Gasteiger partial charge on any atom is -0.508 e. The van der Waals surface area contributed by atoms with Gasteiger partial charge in [-0.05, 0) is 77.8 Å². The number of anilines is 1. The molecule has 0 saturated carbocycles. The molecule has 0 aliphatic rings. The van der Waals surface area contributed by atoms with Crippen molar-refractivity contribution < 1.29 is 19.3 Å². The number of aromatic hydroxyl groups is 1. The first-order valence-electron chi connectivity index (χ1n) is 10.5. The van der Waals surface area contributed by atoms with Crippen molar-refractivity contribution in [3.8, 4) is 28.6 Å². The molecule has 4 rings (SSSR count). The van der Waals surface area contributed by atoms with Gasteiger partial charge in [0.25, 0.3) is 5.91 Å². The molecule has 0 spiro atoms. The normalized spacial score (nSPS) is 11.4. The van der Waals surface area contributed by atoms with Crippen LogP contribution in [0.25, 0.3) is 17.1 Å². The number of nitrogens with two attached hydrogens (primary N) is 1. The molecule has 2 aromatic heterocycles. The number of nitrogen functional groups attached to an aromatic ring is 1. The number of phenolic OH excluding ortho intramolecular Hbond substituents is 1. The summed E-state index contributed by atoms with van der Waals surface area (Å²) in [4.78, 5) is 13.1. The lowest BCUT2D eigenvalue weighted by atomic mass is 10.1. The van der Waals surface area contributed by atoms with Crippen molar-refractivity contribution >= 4 is 17.4 Å².